The van der Waals surface area contributed by atoms with Crippen molar-refractivity contribution in [1.29, 1.82) is 0 Å². The molecule has 0 bridgehead atoms. The molecule has 0 aliphatic carbocycles. The number of benzene rings is 3. The van der Waals surface area contributed by atoms with Gasteiger partial charge in [0.15, 0.2) is 0 Å². The van der Waals surface area contributed by atoms with E-state index in [1.54, 1.807) is 0 Å². The first-order valence-corrected chi connectivity index (χ1v) is 16.4. The molecular weight excluding hydrogens is 375 g/mol. The number of nitrogens with zero attached hydrogens (tertiary/aromatic N) is 1. The quantitative estimate of drug-likeness (QED) is 0.380. The summed E-state index contributed by atoms with van der Waals surface area (Å²) < 4.78 is 1.46. The van der Waals surface area contributed by atoms with Crippen molar-refractivity contribution in [3.8, 4) is 22.4 Å². The summed E-state index contributed by atoms with van der Waals surface area (Å²) in [5.41, 5.74) is 4.88. The molecule has 0 spiro atoms. The minimum atomic E-state index is -2.08. The van der Waals surface area contributed by atoms with Gasteiger partial charge in [0.2, 0.25) is 0 Å². The molecule has 4 rings (SSSR count). The van der Waals surface area contributed by atoms with E-state index < -0.39 is 13.3 Å². The van der Waals surface area contributed by atoms with E-state index in [-0.39, 0.29) is 0 Å². The third-order valence-electron chi connectivity index (χ3n) is 4.86. The van der Waals surface area contributed by atoms with Crippen molar-refractivity contribution in [1.82, 2.24) is 4.98 Å². The Morgan fingerprint density at radius 2 is 1.38 bits per heavy atom. The molecule has 26 heavy (non-hydrogen) atoms. The first-order chi connectivity index (χ1) is 12.5. The maximum absolute atomic E-state index is 4.83. The van der Waals surface area contributed by atoms with E-state index in [0.717, 1.165) is 5.69 Å². The van der Waals surface area contributed by atoms with Crippen LogP contribution in [0.15, 0.2) is 85.1 Å². The minimum absolute atomic E-state index is 1.05. The molecule has 2 heteroatoms. The summed E-state index contributed by atoms with van der Waals surface area (Å²) in [4.78, 5) is 4.83. The second kappa shape index (κ2) is 6.73. The Bertz CT molecular complexity index is 1060. The van der Waals surface area contributed by atoms with Gasteiger partial charge in [0.1, 0.15) is 0 Å². The van der Waals surface area contributed by atoms with Crippen LogP contribution in [0.5, 0.6) is 0 Å². The predicted octanol–water partition coefficient (Wildman–Crippen LogP) is 6.11. The molecule has 0 atom stereocenters. The topological polar surface area (TPSA) is 12.9 Å². The summed E-state index contributed by atoms with van der Waals surface area (Å²) in [5, 5.41) is 2.60. The first-order valence-electron chi connectivity index (χ1n) is 9.08. The Labute approximate surface area is 158 Å². The molecule has 3 aromatic carbocycles. The molecule has 0 unspecified atom stereocenters. The van der Waals surface area contributed by atoms with Gasteiger partial charge in [-0.1, -0.05) is 0 Å². The van der Waals surface area contributed by atoms with Crippen LogP contribution >= 0.6 is 0 Å². The van der Waals surface area contributed by atoms with Gasteiger partial charge in [-0.2, -0.15) is 0 Å². The van der Waals surface area contributed by atoms with Crippen molar-refractivity contribution in [2.45, 2.75) is 17.3 Å². The van der Waals surface area contributed by atoms with Crippen molar-refractivity contribution in [3.63, 3.8) is 0 Å². The van der Waals surface area contributed by atoms with Crippen LogP contribution in [0.1, 0.15) is 0 Å². The summed E-state index contributed by atoms with van der Waals surface area (Å²) in [6.45, 7) is 0. The van der Waals surface area contributed by atoms with Crippen LogP contribution in [0, 0.1) is 0 Å². The SMILES string of the molecule is [CH3][Ge]([CH3])([CH3])[c]1cnc(-c2ccccc2)cc1-c1cccc2ccccc12. The van der Waals surface area contributed by atoms with Gasteiger partial charge < -0.3 is 0 Å². The molecule has 4 aromatic rings. The van der Waals surface area contributed by atoms with Crippen LogP contribution < -0.4 is 4.40 Å². The zero-order chi connectivity index (χ0) is 18.1. The molecule has 0 radical (unpaired) electrons. The maximum atomic E-state index is 4.83. The fraction of sp³-hybridized carbons (Fsp3) is 0.125. The molecule has 0 aliphatic rings. The number of pyridine rings is 1. The Morgan fingerprint density at radius 3 is 2.15 bits per heavy atom. The second-order valence-electron chi connectivity index (χ2n) is 7.76. The van der Waals surface area contributed by atoms with Crippen LogP contribution in [0.4, 0.5) is 0 Å². The summed E-state index contributed by atoms with van der Waals surface area (Å²) in [7, 11) is 0. The third kappa shape index (κ3) is 3.19. The Hall–Kier alpha value is -2.39. The fourth-order valence-corrected chi connectivity index (χ4v) is 6.58. The van der Waals surface area contributed by atoms with Gasteiger partial charge in [-0.15, -0.1) is 0 Å². The van der Waals surface area contributed by atoms with E-state index in [1.807, 2.05) is 6.07 Å². The molecule has 1 heterocycles. The van der Waals surface area contributed by atoms with Crippen LogP contribution in [0.3, 0.4) is 0 Å². The van der Waals surface area contributed by atoms with E-state index >= 15 is 0 Å². The summed E-state index contributed by atoms with van der Waals surface area (Å²) in [6.07, 6.45) is 2.14. The molecule has 0 saturated heterocycles. The number of aromatic nitrogens is 1. The molecule has 0 fully saturated rings. The van der Waals surface area contributed by atoms with Gasteiger partial charge in [-0.25, -0.2) is 0 Å². The third-order valence-corrected chi connectivity index (χ3v) is 9.09. The summed E-state index contributed by atoms with van der Waals surface area (Å²) >= 11 is -2.08. The van der Waals surface area contributed by atoms with Crippen molar-refractivity contribution in [2.24, 2.45) is 0 Å². The zero-order valence-corrected chi connectivity index (χ0v) is 17.6. The van der Waals surface area contributed by atoms with E-state index in [0.29, 0.717) is 0 Å². The van der Waals surface area contributed by atoms with Crippen LogP contribution in [-0.4, -0.2) is 18.3 Å². The van der Waals surface area contributed by atoms with E-state index in [4.69, 9.17) is 4.98 Å². The second-order valence-corrected chi connectivity index (χ2v) is 18.3. The number of hydrogen-bond acceptors (Lipinski definition) is 1. The number of rotatable bonds is 3. The molecule has 0 N–H and O–H groups in total. The van der Waals surface area contributed by atoms with Crippen molar-refractivity contribution >= 4 is 28.4 Å². The monoisotopic (exact) mass is 399 g/mol. The van der Waals surface area contributed by atoms with E-state index in [9.17, 15) is 0 Å². The van der Waals surface area contributed by atoms with Gasteiger partial charge in [-0.05, 0) is 0 Å². The molecule has 0 amide bonds. The molecule has 1 aromatic heterocycles. The van der Waals surface area contributed by atoms with Gasteiger partial charge in [0.05, 0.1) is 0 Å². The van der Waals surface area contributed by atoms with Crippen molar-refractivity contribution in [2.75, 3.05) is 0 Å². The normalized spacial score (nSPS) is 11.7. The number of fused-ring (bicyclic) bond motifs is 1. The van der Waals surface area contributed by atoms with Crippen LogP contribution in [-0.2, 0) is 0 Å². The van der Waals surface area contributed by atoms with Gasteiger partial charge in [0.25, 0.3) is 0 Å². The van der Waals surface area contributed by atoms with Crippen molar-refractivity contribution in [3.05, 3.63) is 85.1 Å². The molecule has 0 saturated carbocycles. The predicted molar refractivity (Wildman–Crippen MR) is 116 cm³/mol. The van der Waals surface area contributed by atoms with Crippen LogP contribution in [0.25, 0.3) is 33.2 Å². The average molecular weight is 398 g/mol. The van der Waals surface area contributed by atoms with Gasteiger partial charge >= 0.3 is 158 Å². The van der Waals surface area contributed by atoms with Crippen LogP contribution in [0.2, 0.25) is 17.3 Å². The first kappa shape index (κ1) is 17.0. The molecule has 0 aliphatic heterocycles. The summed E-state index contributed by atoms with van der Waals surface area (Å²) in [6, 6.07) is 28.0. The molecule has 1 nitrogen and oxygen atoms in total. The Balaban J connectivity index is 2.01. The van der Waals surface area contributed by atoms with E-state index in [1.165, 1.54) is 31.9 Å². The number of hydrogen-bond donors (Lipinski definition) is 0. The average Bonchev–Trinajstić information content (AvgIpc) is 2.67. The van der Waals surface area contributed by atoms with E-state index in [2.05, 4.69) is 96.3 Å². The molecular formula is C24H23GeN. The Kier molecular flexibility index (Phi) is 4.41. The standard InChI is InChI=1S/C24H23GeN/c1-25(2,3)23-17-26-24(19-11-5-4-6-12-19)16-22(23)21-15-9-13-18-10-7-8-14-20(18)21/h4-17H,1-3H3. The molecule has 128 valence electrons. The zero-order valence-electron chi connectivity index (χ0n) is 15.5. The fourth-order valence-electron chi connectivity index (χ4n) is 3.50. The van der Waals surface area contributed by atoms with Gasteiger partial charge in [-0.3, -0.25) is 0 Å². The Morgan fingerprint density at radius 1 is 0.692 bits per heavy atom. The summed E-state index contributed by atoms with van der Waals surface area (Å²) in [5.74, 6) is 7.31. The van der Waals surface area contributed by atoms with Gasteiger partial charge in [0, 0.05) is 0 Å². The van der Waals surface area contributed by atoms with Crippen molar-refractivity contribution < 1.29 is 0 Å².